The summed E-state index contributed by atoms with van der Waals surface area (Å²) in [5.41, 5.74) is 1.93. The molecule has 1 fully saturated rings. The summed E-state index contributed by atoms with van der Waals surface area (Å²) in [6.45, 7) is 10.5. The molecular weight excluding hydrogens is 364 g/mol. The van der Waals surface area contributed by atoms with Gasteiger partial charge in [-0.25, -0.2) is 29.4 Å². The van der Waals surface area contributed by atoms with Gasteiger partial charge in [0.15, 0.2) is 5.54 Å². The molecule has 9 nitrogen and oxygen atoms in total. The standard InChI is InChI=1S/C17H20N8OS/c1-4-27(26,19-3)24-10-17(11-24,9-18-2)25-8-13(7-23-25)15-14-5-6-20-16(14)22-12-21-15/h5-8,12H,4,9-11H2,1,3H3,(H,20,21,22). The molecule has 1 atom stereocenters. The van der Waals surface area contributed by atoms with Gasteiger partial charge in [0.2, 0.25) is 6.54 Å². The van der Waals surface area contributed by atoms with E-state index < -0.39 is 15.5 Å². The van der Waals surface area contributed by atoms with Crippen molar-refractivity contribution in [1.82, 2.24) is 29.0 Å². The molecule has 4 heterocycles. The van der Waals surface area contributed by atoms with E-state index in [1.54, 1.807) is 13.2 Å². The van der Waals surface area contributed by atoms with Gasteiger partial charge in [0, 0.05) is 49.2 Å². The predicted octanol–water partition coefficient (Wildman–Crippen LogP) is 1.78. The highest BCUT2D eigenvalue weighted by Gasteiger charge is 2.51. The van der Waals surface area contributed by atoms with Crippen LogP contribution in [-0.4, -0.2) is 65.7 Å². The molecule has 1 N–H and O–H groups in total. The fourth-order valence-corrected chi connectivity index (χ4v) is 5.25. The summed E-state index contributed by atoms with van der Waals surface area (Å²) in [6, 6.07) is 1.93. The Kier molecular flexibility index (Phi) is 4.20. The predicted molar refractivity (Wildman–Crippen MR) is 103 cm³/mol. The van der Waals surface area contributed by atoms with E-state index in [0.29, 0.717) is 18.8 Å². The number of nitrogens with one attached hydrogen (secondary N) is 1. The lowest BCUT2D eigenvalue weighted by Crippen LogP contribution is -2.65. The van der Waals surface area contributed by atoms with Gasteiger partial charge in [0.1, 0.15) is 21.9 Å². The topological polar surface area (TPSA) is 96.4 Å². The summed E-state index contributed by atoms with van der Waals surface area (Å²) in [5, 5.41) is 5.44. The van der Waals surface area contributed by atoms with E-state index in [1.807, 2.05) is 34.4 Å². The van der Waals surface area contributed by atoms with Crippen LogP contribution in [0.5, 0.6) is 0 Å². The third-order valence-corrected chi connectivity index (χ3v) is 7.46. The van der Waals surface area contributed by atoms with Crippen LogP contribution in [0.3, 0.4) is 0 Å². The Labute approximate surface area is 157 Å². The van der Waals surface area contributed by atoms with E-state index in [9.17, 15) is 4.21 Å². The zero-order chi connectivity index (χ0) is 19.1. The number of H-pyrrole nitrogens is 1. The normalized spacial score (nSPS) is 18.6. The van der Waals surface area contributed by atoms with Crippen molar-refractivity contribution in [2.75, 3.05) is 32.4 Å². The lowest BCUT2D eigenvalue weighted by Gasteiger charge is -2.47. The molecule has 0 bridgehead atoms. The van der Waals surface area contributed by atoms with Crippen molar-refractivity contribution < 1.29 is 4.21 Å². The Morgan fingerprint density at radius 2 is 2.26 bits per heavy atom. The van der Waals surface area contributed by atoms with E-state index in [4.69, 9.17) is 6.57 Å². The molecule has 0 saturated carbocycles. The van der Waals surface area contributed by atoms with Gasteiger partial charge in [0.05, 0.1) is 11.9 Å². The van der Waals surface area contributed by atoms with Crippen molar-refractivity contribution in [2.24, 2.45) is 4.36 Å². The van der Waals surface area contributed by atoms with Gasteiger partial charge in [-0.2, -0.15) is 5.10 Å². The monoisotopic (exact) mass is 384 g/mol. The van der Waals surface area contributed by atoms with Crippen LogP contribution in [0.25, 0.3) is 27.1 Å². The quantitative estimate of drug-likeness (QED) is 0.678. The lowest BCUT2D eigenvalue weighted by molar-refractivity contribution is 0.0867. The minimum atomic E-state index is -2.38. The van der Waals surface area contributed by atoms with Crippen molar-refractivity contribution in [2.45, 2.75) is 12.5 Å². The molecule has 3 aromatic rings. The number of fused-ring (bicyclic) bond motifs is 1. The molecule has 1 unspecified atom stereocenters. The number of aromatic amines is 1. The molecule has 4 rings (SSSR count). The smallest absolute Gasteiger partial charge is 0.242 e. The van der Waals surface area contributed by atoms with Gasteiger partial charge < -0.3 is 9.83 Å². The minimum absolute atomic E-state index is 0.275. The molecule has 0 amide bonds. The molecule has 140 valence electrons. The van der Waals surface area contributed by atoms with Crippen LogP contribution in [0, 0.1) is 6.57 Å². The van der Waals surface area contributed by atoms with E-state index >= 15 is 0 Å². The second kappa shape index (κ2) is 6.44. The summed E-state index contributed by atoms with van der Waals surface area (Å²) >= 11 is 0. The number of hydrogen-bond acceptors (Lipinski definition) is 5. The third-order valence-electron chi connectivity index (χ3n) is 5.08. The number of hydrogen-bond donors (Lipinski definition) is 1. The van der Waals surface area contributed by atoms with Crippen molar-refractivity contribution >= 4 is 20.9 Å². The van der Waals surface area contributed by atoms with E-state index in [1.165, 1.54) is 6.33 Å². The fourth-order valence-electron chi connectivity index (χ4n) is 3.51. The molecule has 1 saturated heterocycles. The van der Waals surface area contributed by atoms with Gasteiger partial charge in [-0.3, -0.25) is 4.68 Å². The second-order valence-electron chi connectivity index (χ2n) is 6.55. The first kappa shape index (κ1) is 17.6. The molecule has 3 aromatic heterocycles. The molecule has 0 aliphatic carbocycles. The first-order chi connectivity index (χ1) is 13.0. The molecule has 0 radical (unpaired) electrons. The first-order valence-electron chi connectivity index (χ1n) is 8.60. The number of nitrogens with zero attached hydrogens (tertiary/aromatic N) is 7. The average Bonchev–Trinajstić information content (AvgIpc) is 3.33. The van der Waals surface area contributed by atoms with Gasteiger partial charge in [-0.1, -0.05) is 6.92 Å². The maximum atomic E-state index is 12.8. The molecular formula is C17H20N8OS. The first-order valence-corrected chi connectivity index (χ1v) is 10.2. The summed E-state index contributed by atoms with van der Waals surface area (Å²) < 4.78 is 20.6. The van der Waals surface area contributed by atoms with E-state index in [0.717, 1.165) is 22.3 Å². The summed E-state index contributed by atoms with van der Waals surface area (Å²) in [6.07, 6.45) is 7.01. The fraction of sp³-hybridized carbons (Fsp3) is 0.412. The van der Waals surface area contributed by atoms with E-state index in [-0.39, 0.29) is 6.54 Å². The van der Waals surface area contributed by atoms with Crippen molar-refractivity contribution in [1.29, 1.82) is 0 Å². The molecule has 0 spiro atoms. The Balaban J connectivity index is 1.68. The summed E-state index contributed by atoms with van der Waals surface area (Å²) in [4.78, 5) is 15.3. The summed E-state index contributed by atoms with van der Waals surface area (Å²) in [7, 11) is -0.794. The van der Waals surface area contributed by atoms with E-state index in [2.05, 4.69) is 29.3 Å². The van der Waals surface area contributed by atoms with Gasteiger partial charge >= 0.3 is 0 Å². The molecule has 27 heavy (non-hydrogen) atoms. The van der Waals surface area contributed by atoms with Crippen LogP contribution in [0.15, 0.2) is 35.3 Å². The maximum absolute atomic E-state index is 12.8. The largest absolute Gasteiger partial charge is 0.346 e. The lowest BCUT2D eigenvalue weighted by atomic mass is 9.92. The highest BCUT2D eigenvalue weighted by Crippen LogP contribution is 2.34. The number of aromatic nitrogens is 5. The van der Waals surface area contributed by atoms with Crippen LogP contribution < -0.4 is 0 Å². The Morgan fingerprint density at radius 1 is 1.44 bits per heavy atom. The van der Waals surface area contributed by atoms with Crippen molar-refractivity contribution in [3.8, 4) is 11.3 Å². The van der Waals surface area contributed by atoms with Crippen molar-refractivity contribution in [3.63, 3.8) is 0 Å². The zero-order valence-corrected chi connectivity index (χ0v) is 16.0. The highest BCUT2D eigenvalue weighted by molar-refractivity contribution is 7.91. The van der Waals surface area contributed by atoms with Gasteiger partial charge in [-0.05, 0) is 6.07 Å². The van der Waals surface area contributed by atoms with Crippen LogP contribution in [0.1, 0.15) is 6.92 Å². The average molecular weight is 384 g/mol. The Bertz CT molecular complexity index is 1140. The highest BCUT2D eigenvalue weighted by atomic mass is 32.2. The van der Waals surface area contributed by atoms with Gasteiger partial charge in [-0.15, -0.1) is 0 Å². The SMILES string of the molecule is [C-]#[N+]CC1(n2cc(-c3ncnc4[nH]ccc34)cn2)CN(S(=O)(CC)=NC)C1. The van der Waals surface area contributed by atoms with Crippen LogP contribution in [-0.2, 0) is 15.5 Å². The van der Waals surface area contributed by atoms with Gasteiger partial charge in [0.25, 0.3) is 0 Å². The zero-order valence-electron chi connectivity index (χ0n) is 15.2. The molecule has 1 aliphatic rings. The van der Waals surface area contributed by atoms with Crippen LogP contribution in [0.4, 0.5) is 0 Å². The summed E-state index contributed by atoms with van der Waals surface area (Å²) in [5.74, 6) is 0.467. The van der Waals surface area contributed by atoms with Crippen molar-refractivity contribution in [3.05, 3.63) is 42.4 Å². The maximum Gasteiger partial charge on any atom is 0.242 e. The third kappa shape index (κ3) is 2.70. The molecule has 10 heteroatoms. The molecule has 0 aromatic carbocycles. The Hall–Kier alpha value is -2.77. The second-order valence-corrected chi connectivity index (χ2v) is 9.22. The molecule has 1 aliphatic heterocycles. The number of rotatable bonds is 5. The van der Waals surface area contributed by atoms with Crippen LogP contribution in [0.2, 0.25) is 0 Å². The minimum Gasteiger partial charge on any atom is -0.346 e. The Morgan fingerprint density at radius 3 is 2.96 bits per heavy atom. The van der Waals surface area contributed by atoms with Crippen LogP contribution >= 0.6 is 0 Å².